The van der Waals surface area contributed by atoms with Gasteiger partial charge in [-0.1, -0.05) is 80.0 Å². The van der Waals surface area contributed by atoms with Gasteiger partial charge in [0.05, 0.1) is 0 Å². The van der Waals surface area contributed by atoms with Crippen LogP contribution in [-0.2, 0) is 5.41 Å². The van der Waals surface area contributed by atoms with Gasteiger partial charge in [-0.3, -0.25) is 0 Å². The van der Waals surface area contributed by atoms with Crippen molar-refractivity contribution >= 4 is 13.3 Å². The van der Waals surface area contributed by atoms with E-state index in [2.05, 4.69) is 68.4 Å². The third-order valence-electron chi connectivity index (χ3n) is 4.83. The van der Waals surface area contributed by atoms with E-state index >= 15 is 0 Å². The summed E-state index contributed by atoms with van der Waals surface area (Å²) < 4.78 is 0. The SMILES string of the molecule is O.O.[B]c1ccc(-c2ccc3c(c2)C(C)(C)c2ccccc2-3)cc1. The second kappa shape index (κ2) is 6.27. The second-order valence-corrected chi connectivity index (χ2v) is 6.55. The normalized spacial score (nSPS) is 13.2. The van der Waals surface area contributed by atoms with E-state index in [9.17, 15) is 0 Å². The zero-order valence-corrected chi connectivity index (χ0v) is 13.9. The molecule has 0 heterocycles. The summed E-state index contributed by atoms with van der Waals surface area (Å²) in [5, 5.41) is 0. The molecule has 1 aliphatic carbocycles. The quantitative estimate of drug-likeness (QED) is 0.620. The molecule has 0 aliphatic heterocycles. The summed E-state index contributed by atoms with van der Waals surface area (Å²) in [6, 6.07) is 23.6. The molecule has 0 amide bonds. The van der Waals surface area contributed by atoms with Gasteiger partial charge in [-0.15, -0.1) is 0 Å². The highest BCUT2D eigenvalue weighted by Crippen LogP contribution is 2.49. The minimum atomic E-state index is 0. The van der Waals surface area contributed by atoms with E-state index in [1.165, 1.54) is 33.4 Å². The lowest BCUT2D eigenvalue weighted by Gasteiger charge is -2.22. The van der Waals surface area contributed by atoms with E-state index in [-0.39, 0.29) is 16.4 Å². The predicted octanol–water partition coefficient (Wildman–Crippen LogP) is 2.80. The van der Waals surface area contributed by atoms with Crippen molar-refractivity contribution in [2.45, 2.75) is 19.3 Å². The highest BCUT2D eigenvalue weighted by atomic mass is 16.0. The van der Waals surface area contributed by atoms with Gasteiger partial charge in [-0.2, -0.15) is 0 Å². The molecule has 1 aliphatic rings. The van der Waals surface area contributed by atoms with Crippen LogP contribution in [0, 0.1) is 0 Å². The number of benzene rings is 3. The van der Waals surface area contributed by atoms with Crippen molar-refractivity contribution in [3.05, 3.63) is 77.9 Å². The molecule has 0 saturated carbocycles. The first-order chi connectivity index (χ1) is 10.6. The molecule has 2 nitrogen and oxygen atoms in total. The maximum Gasteiger partial charge on any atom is 0.113 e. The minimum Gasteiger partial charge on any atom is -0.412 e. The molecule has 3 aromatic carbocycles. The fraction of sp³-hybridized carbons (Fsp3) is 0.143. The second-order valence-electron chi connectivity index (χ2n) is 6.55. The molecule has 0 bridgehead atoms. The van der Waals surface area contributed by atoms with Crippen molar-refractivity contribution in [1.82, 2.24) is 0 Å². The summed E-state index contributed by atoms with van der Waals surface area (Å²) >= 11 is 0. The van der Waals surface area contributed by atoms with Crippen LogP contribution in [0.1, 0.15) is 25.0 Å². The van der Waals surface area contributed by atoms with Crippen molar-refractivity contribution in [2.24, 2.45) is 0 Å². The van der Waals surface area contributed by atoms with Crippen LogP contribution < -0.4 is 5.46 Å². The van der Waals surface area contributed by atoms with Gasteiger partial charge in [0.15, 0.2) is 0 Å². The summed E-state index contributed by atoms with van der Waals surface area (Å²) in [5.41, 5.74) is 8.87. The Balaban J connectivity index is 0.00000104. The van der Waals surface area contributed by atoms with Crippen molar-refractivity contribution in [3.8, 4) is 22.3 Å². The van der Waals surface area contributed by atoms with E-state index in [1.807, 2.05) is 12.1 Å². The molecule has 24 heavy (non-hydrogen) atoms. The molecule has 3 heteroatoms. The first-order valence-corrected chi connectivity index (χ1v) is 7.68. The van der Waals surface area contributed by atoms with Crippen LogP contribution in [0.5, 0.6) is 0 Å². The van der Waals surface area contributed by atoms with Gasteiger partial charge in [0, 0.05) is 5.41 Å². The van der Waals surface area contributed by atoms with E-state index in [1.54, 1.807) is 0 Å². The van der Waals surface area contributed by atoms with Gasteiger partial charge < -0.3 is 11.0 Å². The summed E-state index contributed by atoms with van der Waals surface area (Å²) in [5.74, 6) is 0. The Bertz CT molecular complexity index is 867. The number of hydrogen-bond donors (Lipinski definition) is 0. The van der Waals surface area contributed by atoms with Crippen molar-refractivity contribution in [1.29, 1.82) is 0 Å². The summed E-state index contributed by atoms with van der Waals surface area (Å²) in [6.45, 7) is 4.62. The lowest BCUT2D eigenvalue weighted by molar-refractivity contribution is 0.660. The maximum absolute atomic E-state index is 5.80. The smallest absolute Gasteiger partial charge is 0.113 e. The summed E-state index contributed by atoms with van der Waals surface area (Å²) in [7, 11) is 5.80. The summed E-state index contributed by atoms with van der Waals surface area (Å²) in [6.07, 6.45) is 0. The Morgan fingerprint density at radius 3 is 1.96 bits per heavy atom. The topological polar surface area (TPSA) is 63.0 Å². The largest absolute Gasteiger partial charge is 0.412 e. The standard InChI is InChI=1S/C21H17B.2H2O/c1-21(2)19-6-4-3-5-17(19)18-12-9-15(13-20(18)21)14-7-10-16(22)11-8-14;;/h3-13H,1-2H3;2*1H2. The van der Waals surface area contributed by atoms with Crippen molar-refractivity contribution < 1.29 is 11.0 Å². The van der Waals surface area contributed by atoms with Gasteiger partial charge >= 0.3 is 0 Å². The fourth-order valence-electron chi connectivity index (χ4n) is 3.56. The third-order valence-corrected chi connectivity index (χ3v) is 4.83. The van der Waals surface area contributed by atoms with Gasteiger partial charge in [0.25, 0.3) is 0 Å². The first-order valence-electron chi connectivity index (χ1n) is 7.68. The average molecular weight is 316 g/mol. The molecule has 0 aromatic heterocycles. The van der Waals surface area contributed by atoms with Crippen LogP contribution in [-0.4, -0.2) is 18.8 Å². The van der Waals surface area contributed by atoms with E-state index < -0.39 is 0 Å². The molecule has 0 spiro atoms. The lowest BCUT2D eigenvalue weighted by atomic mass is 9.81. The number of fused-ring (bicyclic) bond motifs is 3. The van der Waals surface area contributed by atoms with Crippen LogP contribution in [0.2, 0.25) is 0 Å². The fourth-order valence-corrected chi connectivity index (χ4v) is 3.56. The monoisotopic (exact) mass is 316 g/mol. The number of rotatable bonds is 1. The minimum absolute atomic E-state index is 0. The highest BCUT2D eigenvalue weighted by Gasteiger charge is 2.35. The first kappa shape index (κ1) is 18.0. The molecule has 3 aromatic rings. The molecule has 4 N–H and O–H groups in total. The Morgan fingerprint density at radius 1 is 0.667 bits per heavy atom. The molecule has 0 unspecified atom stereocenters. The van der Waals surface area contributed by atoms with E-state index in [4.69, 9.17) is 7.85 Å². The molecule has 2 radical (unpaired) electrons. The Morgan fingerprint density at radius 2 is 1.25 bits per heavy atom. The van der Waals surface area contributed by atoms with E-state index in [0.29, 0.717) is 0 Å². The number of hydrogen-bond acceptors (Lipinski definition) is 0. The third kappa shape index (κ3) is 2.56. The zero-order chi connectivity index (χ0) is 15.3. The van der Waals surface area contributed by atoms with E-state index in [0.717, 1.165) is 5.46 Å². The van der Waals surface area contributed by atoms with Gasteiger partial charge in [-0.05, 0) is 39.4 Å². The Labute approximate surface area is 144 Å². The molecular formula is C21H21BO2. The Kier molecular flexibility index (Phi) is 4.70. The van der Waals surface area contributed by atoms with Gasteiger partial charge in [-0.25, -0.2) is 0 Å². The van der Waals surface area contributed by atoms with Crippen LogP contribution in [0.4, 0.5) is 0 Å². The lowest BCUT2D eigenvalue weighted by Crippen LogP contribution is -2.14. The van der Waals surface area contributed by atoms with Gasteiger partial charge in [0.1, 0.15) is 7.85 Å². The van der Waals surface area contributed by atoms with Crippen molar-refractivity contribution in [3.63, 3.8) is 0 Å². The molecule has 0 atom stereocenters. The van der Waals surface area contributed by atoms with Crippen LogP contribution >= 0.6 is 0 Å². The van der Waals surface area contributed by atoms with Crippen LogP contribution in [0.15, 0.2) is 66.7 Å². The van der Waals surface area contributed by atoms with Gasteiger partial charge in [0.2, 0.25) is 0 Å². The predicted molar refractivity (Wildman–Crippen MR) is 102 cm³/mol. The van der Waals surface area contributed by atoms with Crippen LogP contribution in [0.3, 0.4) is 0 Å². The molecule has 4 rings (SSSR count). The molecule has 120 valence electrons. The highest BCUT2D eigenvalue weighted by molar-refractivity contribution is 6.32. The Hall–Kier alpha value is -2.36. The molecule has 0 saturated heterocycles. The molecular weight excluding hydrogens is 295 g/mol. The maximum atomic E-state index is 5.80. The molecule has 0 fully saturated rings. The van der Waals surface area contributed by atoms with Crippen molar-refractivity contribution in [2.75, 3.05) is 0 Å². The zero-order valence-electron chi connectivity index (χ0n) is 13.9. The van der Waals surface area contributed by atoms with Crippen LogP contribution in [0.25, 0.3) is 22.3 Å². The summed E-state index contributed by atoms with van der Waals surface area (Å²) in [4.78, 5) is 0. The average Bonchev–Trinajstić information content (AvgIpc) is 2.77.